The first-order valence-electron chi connectivity index (χ1n) is 6.17. The summed E-state index contributed by atoms with van der Waals surface area (Å²) in [4.78, 5) is 22.5. The zero-order chi connectivity index (χ0) is 14.7. The molecule has 0 radical (unpaired) electrons. The molecule has 0 aliphatic heterocycles. The predicted octanol–water partition coefficient (Wildman–Crippen LogP) is 1.93. The largest absolute Gasteiger partial charge is 0.344 e. The molecule has 0 fully saturated rings. The highest BCUT2D eigenvalue weighted by Crippen LogP contribution is 2.26. The van der Waals surface area contributed by atoms with Crippen LogP contribution in [0.2, 0.25) is 0 Å². The van der Waals surface area contributed by atoms with Gasteiger partial charge in [0.15, 0.2) is 5.82 Å². The maximum Gasteiger partial charge on any atom is 0.272 e. The van der Waals surface area contributed by atoms with Crippen LogP contribution < -0.4 is 16.6 Å². The highest BCUT2D eigenvalue weighted by Gasteiger charge is 2.16. The molecular formula is C13H17N5OS. The summed E-state index contributed by atoms with van der Waals surface area (Å²) in [6, 6.07) is 2.01. The van der Waals surface area contributed by atoms with Gasteiger partial charge in [-0.2, -0.15) is 0 Å². The van der Waals surface area contributed by atoms with Crippen LogP contribution in [0.3, 0.4) is 0 Å². The fourth-order valence-electron chi connectivity index (χ4n) is 1.97. The van der Waals surface area contributed by atoms with Gasteiger partial charge in [0, 0.05) is 9.75 Å². The van der Waals surface area contributed by atoms with Gasteiger partial charge >= 0.3 is 0 Å². The smallest absolute Gasteiger partial charge is 0.272 e. The monoisotopic (exact) mass is 291 g/mol. The molecule has 106 valence electrons. The molecule has 1 amide bonds. The summed E-state index contributed by atoms with van der Waals surface area (Å²) in [6.45, 7) is 6.05. The van der Waals surface area contributed by atoms with Crippen LogP contribution in [0.15, 0.2) is 18.5 Å². The standard InChI is InChI=1S/C13H17N5OS/c1-7-4-10(9(3)20-7)8(2)16-13(19)11-5-15-6-12(17-11)18-14/h4-6,8H,14H2,1-3H3,(H,16,19)(H,17,18). The quantitative estimate of drug-likeness (QED) is 0.591. The number of nitrogens with zero attached hydrogens (tertiary/aromatic N) is 2. The lowest BCUT2D eigenvalue weighted by Gasteiger charge is -2.13. The van der Waals surface area contributed by atoms with E-state index in [4.69, 9.17) is 5.84 Å². The van der Waals surface area contributed by atoms with Crippen LogP contribution >= 0.6 is 11.3 Å². The second-order valence-electron chi connectivity index (χ2n) is 4.50. The molecule has 20 heavy (non-hydrogen) atoms. The molecule has 4 N–H and O–H groups in total. The lowest BCUT2D eigenvalue weighted by atomic mass is 10.1. The van der Waals surface area contributed by atoms with Crippen molar-refractivity contribution in [1.29, 1.82) is 0 Å². The van der Waals surface area contributed by atoms with E-state index in [-0.39, 0.29) is 17.6 Å². The Morgan fingerprint density at radius 3 is 2.75 bits per heavy atom. The van der Waals surface area contributed by atoms with Crippen molar-refractivity contribution in [2.75, 3.05) is 5.43 Å². The Bertz CT molecular complexity index is 625. The van der Waals surface area contributed by atoms with E-state index in [2.05, 4.69) is 40.6 Å². The maximum atomic E-state index is 12.1. The maximum absolute atomic E-state index is 12.1. The molecule has 0 saturated heterocycles. The number of aryl methyl sites for hydroxylation is 2. The van der Waals surface area contributed by atoms with Crippen LogP contribution in [0.1, 0.15) is 38.8 Å². The van der Waals surface area contributed by atoms with E-state index in [0.717, 1.165) is 5.56 Å². The summed E-state index contributed by atoms with van der Waals surface area (Å²) in [7, 11) is 0. The Morgan fingerprint density at radius 1 is 1.40 bits per heavy atom. The van der Waals surface area contributed by atoms with Gasteiger partial charge in [-0.3, -0.25) is 9.78 Å². The van der Waals surface area contributed by atoms with Crippen LogP contribution in [0.25, 0.3) is 0 Å². The van der Waals surface area contributed by atoms with E-state index in [1.165, 1.54) is 22.1 Å². The minimum Gasteiger partial charge on any atom is -0.344 e. The lowest BCUT2D eigenvalue weighted by molar-refractivity contribution is 0.0934. The Hall–Kier alpha value is -1.99. The normalized spacial score (nSPS) is 12.0. The topological polar surface area (TPSA) is 92.9 Å². The van der Waals surface area contributed by atoms with Crippen molar-refractivity contribution in [2.24, 2.45) is 5.84 Å². The number of nitrogens with one attached hydrogen (secondary N) is 2. The fraction of sp³-hybridized carbons (Fsp3) is 0.308. The Labute approximate surface area is 121 Å². The van der Waals surface area contributed by atoms with Crippen LogP contribution in [0.5, 0.6) is 0 Å². The molecule has 2 aromatic rings. The molecule has 0 bridgehead atoms. The van der Waals surface area contributed by atoms with E-state index >= 15 is 0 Å². The number of amides is 1. The van der Waals surface area contributed by atoms with Crippen molar-refractivity contribution in [3.8, 4) is 0 Å². The van der Waals surface area contributed by atoms with Crippen molar-refractivity contribution in [1.82, 2.24) is 15.3 Å². The molecule has 6 nitrogen and oxygen atoms in total. The number of nitrogen functional groups attached to an aromatic ring is 1. The average Bonchev–Trinajstić information content (AvgIpc) is 2.77. The predicted molar refractivity (Wildman–Crippen MR) is 79.5 cm³/mol. The molecule has 0 aliphatic carbocycles. The Morgan fingerprint density at radius 2 is 2.15 bits per heavy atom. The third-order valence-electron chi connectivity index (χ3n) is 2.91. The van der Waals surface area contributed by atoms with Gasteiger partial charge in [0.1, 0.15) is 5.69 Å². The van der Waals surface area contributed by atoms with Gasteiger partial charge in [0.05, 0.1) is 18.4 Å². The molecule has 0 spiro atoms. The number of carbonyl (C=O) groups is 1. The molecular weight excluding hydrogens is 274 g/mol. The third kappa shape index (κ3) is 3.12. The third-order valence-corrected chi connectivity index (χ3v) is 3.89. The number of rotatable bonds is 4. The Balaban J connectivity index is 2.12. The van der Waals surface area contributed by atoms with Crippen LogP contribution in [0.4, 0.5) is 5.82 Å². The van der Waals surface area contributed by atoms with Crippen molar-refractivity contribution >= 4 is 23.1 Å². The Kier molecular flexibility index (Phi) is 4.31. The summed E-state index contributed by atoms with van der Waals surface area (Å²) in [5.74, 6) is 5.33. The van der Waals surface area contributed by atoms with Gasteiger partial charge in [0.2, 0.25) is 0 Å². The summed E-state index contributed by atoms with van der Waals surface area (Å²) in [6.07, 6.45) is 2.86. The molecule has 0 aliphatic rings. The van der Waals surface area contributed by atoms with Gasteiger partial charge in [-0.15, -0.1) is 11.3 Å². The highest BCUT2D eigenvalue weighted by atomic mass is 32.1. The summed E-state index contributed by atoms with van der Waals surface area (Å²) >= 11 is 1.72. The molecule has 2 aromatic heterocycles. The number of hydrazine groups is 1. The van der Waals surface area contributed by atoms with Gasteiger partial charge in [-0.1, -0.05) is 0 Å². The molecule has 1 unspecified atom stereocenters. The van der Waals surface area contributed by atoms with Crippen LogP contribution in [-0.2, 0) is 0 Å². The van der Waals surface area contributed by atoms with Crippen molar-refractivity contribution in [3.05, 3.63) is 39.5 Å². The number of aromatic nitrogens is 2. The molecule has 7 heteroatoms. The van der Waals surface area contributed by atoms with E-state index < -0.39 is 0 Å². The summed E-state index contributed by atoms with van der Waals surface area (Å²) < 4.78 is 0. The zero-order valence-corrected chi connectivity index (χ0v) is 12.4. The van der Waals surface area contributed by atoms with Crippen LogP contribution in [-0.4, -0.2) is 15.9 Å². The number of hydrogen-bond donors (Lipinski definition) is 3. The van der Waals surface area contributed by atoms with Gasteiger partial charge < -0.3 is 10.7 Å². The van der Waals surface area contributed by atoms with Gasteiger partial charge in [0.25, 0.3) is 5.91 Å². The molecule has 0 aromatic carbocycles. The second kappa shape index (κ2) is 5.98. The minimum atomic E-state index is -0.273. The lowest BCUT2D eigenvalue weighted by Crippen LogP contribution is -2.28. The minimum absolute atomic E-state index is 0.0799. The number of hydrogen-bond acceptors (Lipinski definition) is 6. The van der Waals surface area contributed by atoms with E-state index in [9.17, 15) is 4.79 Å². The van der Waals surface area contributed by atoms with E-state index in [1.807, 2.05) is 6.92 Å². The van der Waals surface area contributed by atoms with E-state index in [0.29, 0.717) is 5.82 Å². The zero-order valence-electron chi connectivity index (χ0n) is 11.6. The molecule has 1 atom stereocenters. The first-order valence-corrected chi connectivity index (χ1v) is 6.99. The first kappa shape index (κ1) is 14.4. The number of anilines is 1. The summed E-state index contributed by atoms with van der Waals surface area (Å²) in [5.41, 5.74) is 3.73. The second-order valence-corrected chi connectivity index (χ2v) is 5.96. The van der Waals surface area contributed by atoms with Crippen molar-refractivity contribution < 1.29 is 4.79 Å². The molecule has 0 saturated carbocycles. The van der Waals surface area contributed by atoms with Gasteiger partial charge in [-0.05, 0) is 32.4 Å². The summed E-state index contributed by atoms with van der Waals surface area (Å²) in [5, 5.41) is 2.91. The number of nitrogens with two attached hydrogens (primary N) is 1. The van der Waals surface area contributed by atoms with E-state index in [1.54, 1.807) is 11.3 Å². The number of thiophene rings is 1. The first-order chi connectivity index (χ1) is 9.51. The van der Waals surface area contributed by atoms with Crippen LogP contribution in [0, 0.1) is 13.8 Å². The SMILES string of the molecule is Cc1cc(C(C)NC(=O)c2cncc(NN)n2)c(C)s1. The molecule has 2 rings (SSSR count). The highest BCUT2D eigenvalue weighted by molar-refractivity contribution is 7.12. The van der Waals surface area contributed by atoms with Crippen molar-refractivity contribution in [2.45, 2.75) is 26.8 Å². The van der Waals surface area contributed by atoms with Gasteiger partial charge in [-0.25, -0.2) is 10.8 Å². The number of carbonyl (C=O) groups excluding carboxylic acids is 1. The average molecular weight is 291 g/mol. The fourth-order valence-corrected chi connectivity index (χ4v) is 3.00. The van der Waals surface area contributed by atoms with Crippen molar-refractivity contribution in [3.63, 3.8) is 0 Å². The molecule has 2 heterocycles.